The van der Waals surface area contributed by atoms with Crippen LogP contribution in [0.25, 0.3) is 6.08 Å². The molecule has 13 heavy (non-hydrogen) atoms. The van der Waals surface area contributed by atoms with Crippen molar-refractivity contribution in [3.63, 3.8) is 0 Å². The van der Waals surface area contributed by atoms with Crippen LogP contribution in [-0.2, 0) is 4.79 Å². The van der Waals surface area contributed by atoms with Crippen LogP contribution in [0.15, 0.2) is 41.0 Å². The zero-order valence-electron chi connectivity index (χ0n) is 7.53. The van der Waals surface area contributed by atoms with Gasteiger partial charge in [0.25, 0.3) is 0 Å². The number of nitrogens with zero attached hydrogens (tertiary/aromatic N) is 1. The van der Waals surface area contributed by atoms with Gasteiger partial charge in [0.15, 0.2) is 0 Å². The molecule has 1 rings (SSSR count). The number of carbonyl (C=O) groups excluding carboxylic acids is 1. The summed E-state index contributed by atoms with van der Waals surface area (Å²) in [6.45, 7) is 1.95. The Hall–Kier alpha value is -1.66. The van der Waals surface area contributed by atoms with Gasteiger partial charge in [-0.2, -0.15) is 4.99 Å². The van der Waals surface area contributed by atoms with Gasteiger partial charge in [0.2, 0.25) is 6.08 Å². The maximum atomic E-state index is 10.0. The summed E-state index contributed by atoms with van der Waals surface area (Å²) in [5, 5.41) is 0. The predicted molar refractivity (Wildman–Crippen MR) is 52.8 cm³/mol. The second-order valence-electron chi connectivity index (χ2n) is 2.60. The minimum Gasteiger partial charge on any atom is -0.211 e. The molecule has 2 nitrogen and oxygen atoms in total. The molecule has 0 saturated carbocycles. The van der Waals surface area contributed by atoms with E-state index in [2.05, 4.69) is 4.99 Å². The highest BCUT2D eigenvalue weighted by Crippen LogP contribution is 2.09. The maximum absolute atomic E-state index is 10.0. The molecule has 0 heterocycles. The zero-order valence-corrected chi connectivity index (χ0v) is 7.53. The van der Waals surface area contributed by atoms with Gasteiger partial charge in [0.1, 0.15) is 0 Å². The second kappa shape index (κ2) is 5.07. The first kappa shape index (κ1) is 9.43. The standard InChI is InChI=1S/C11H11NO/c1-2-11(12-9-13)8-10-6-4-3-5-7-10/h3-8H,2H2,1H3. The summed E-state index contributed by atoms with van der Waals surface area (Å²) in [7, 11) is 0. The summed E-state index contributed by atoms with van der Waals surface area (Å²) < 4.78 is 0. The van der Waals surface area contributed by atoms with E-state index in [9.17, 15) is 4.79 Å². The number of hydrogen-bond donors (Lipinski definition) is 0. The number of hydrogen-bond acceptors (Lipinski definition) is 2. The first-order valence-electron chi connectivity index (χ1n) is 4.20. The lowest BCUT2D eigenvalue weighted by molar-refractivity contribution is 0.564. The third-order valence-electron chi connectivity index (χ3n) is 1.68. The predicted octanol–water partition coefficient (Wildman–Crippen LogP) is 2.77. The summed E-state index contributed by atoms with van der Waals surface area (Å²) in [5.74, 6) is 0. The van der Waals surface area contributed by atoms with Crippen molar-refractivity contribution in [2.45, 2.75) is 13.3 Å². The molecular weight excluding hydrogens is 162 g/mol. The Kier molecular flexibility index (Phi) is 3.68. The van der Waals surface area contributed by atoms with Crippen LogP contribution in [-0.4, -0.2) is 6.08 Å². The molecule has 0 spiro atoms. The monoisotopic (exact) mass is 173 g/mol. The second-order valence-corrected chi connectivity index (χ2v) is 2.60. The van der Waals surface area contributed by atoms with Crippen molar-refractivity contribution in [1.82, 2.24) is 0 Å². The SMILES string of the molecule is CCC(=Cc1ccccc1)N=C=O. The van der Waals surface area contributed by atoms with Crippen LogP contribution in [0.1, 0.15) is 18.9 Å². The van der Waals surface area contributed by atoms with E-state index < -0.39 is 0 Å². The fraction of sp³-hybridized carbons (Fsp3) is 0.182. The Morgan fingerprint density at radius 1 is 1.46 bits per heavy atom. The largest absolute Gasteiger partial charge is 0.240 e. The molecule has 0 bridgehead atoms. The van der Waals surface area contributed by atoms with Crippen molar-refractivity contribution >= 4 is 12.2 Å². The van der Waals surface area contributed by atoms with Crippen LogP contribution in [0.5, 0.6) is 0 Å². The van der Waals surface area contributed by atoms with Gasteiger partial charge in [-0.25, -0.2) is 4.79 Å². The normalized spacial score (nSPS) is 10.7. The lowest BCUT2D eigenvalue weighted by atomic mass is 10.2. The van der Waals surface area contributed by atoms with Crippen molar-refractivity contribution in [3.05, 3.63) is 41.6 Å². The minimum atomic E-state index is 0.740. The summed E-state index contributed by atoms with van der Waals surface area (Å²) in [6.07, 6.45) is 4.17. The van der Waals surface area contributed by atoms with Crippen LogP contribution in [0, 0.1) is 0 Å². The molecule has 0 unspecified atom stereocenters. The summed E-state index contributed by atoms with van der Waals surface area (Å²) in [4.78, 5) is 13.6. The average molecular weight is 173 g/mol. The van der Waals surface area contributed by atoms with Gasteiger partial charge in [0, 0.05) is 0 Å². The van der Waals surface area contributed by atoms with E-state index in [4.69, 9.17) is 0 Å². The molecule has 0 amide bonds. The highest BCUT2D eigenvalue weighted by molar-refractivity contribution is 5.54. The van der Waals surface area contributed by atoms with Crippen LogP contribution >= 0.6 is 0 Å². The van der Waals surface area contributed by atoms with Gasteiger partial charge < -0.3 is 0 Å². The van der Waals surface area contributed by atoms with E-state index in [1.807, 2.05) is 43.3 Å². The summed E-state index contributed by atoms with van der Waals surface area (Å²) in [6, 6.07) is 9.78. The number of isocyanates is 1. The van der Waals surface area contributed by atoms with Crippen LogP contribution in [0.3, 0.4) is 0 Å². The van der Waals surface area contributed by atoms with Crippen molar-refractivity contribution < 1.29 is 4.79 Å². The molecule has 0 aliphatic rings. The highest BCUT2D eigenvalue weighted by Gasteiger charge is 1.90. The lowest BCUT2D eigenvalue weighted by Gasteiger charge is -1.94. The van der Waals surface area contributed by atoms with E-state index >= 15 is 0 Å². The fourth-order valence-corrected chi connectivity index (χ4v) is 1.01. The molecule has 0 aliphatic heterocycles. The fourth-order valence-electron chi connectivity index (χ4n) is 1.01. The van der Waals surface area contributed by atoms with Crippen LogP contribution in [0.2, 0.25) is 0 Å². The molecule has 0 radical (unpaired) electrons. The van der Waals surface area contributed by atoms with Crippen molar-refractivity contribution in [3.8, 4) is 0 Å². The quantitative estimate of drug-likeness (QED) is 0.510. The van der Waals surface area contributed by atoms with Gasteiger partial charge in [-0.3, -0.25) is 0 Å². The van der Waals surface area contributed by atoms with Crippen LogP contribution in [0.4, 0.5) is 0 Å². The molecule has 0 fully saturated rings. The number of aliphatic imine (C=N–C) groups is 1. The lowest BCUT2D eigenvalue weighted by Crippen LogP contribution is -1.76. The third kappa shape index (κ3) is 3.06. The van der Waals surface area contributed by atoms with Crippen LogP contribution < -0.4 is 0 Å². The molecule has 1 aromatic rings. The Bertz CT molecular complexity index is 334. The van der Waals surface area contributed by atoms with E-state index in [1.54, 1.807) is 6.08 Å². The van der Waals surface area contributed by atoms with E-state index in [0.29, 0.717) is 0 Å². The molecule has 1 aromatic carbocycles. The maximum Gasteiger partial charge on any atom is 0.240 e. The number of benzene rings is 1. The first-order valence-corrected chi connectivity index (χ1v) is 4.20. The molecule has 66 valence electrons. The third-order valence-corrected chi connectivity index (χ3v) is 1.68. The Balaban J connectivity index is 2.91. The Morgan fingerprint density at radius 2 is 2.15 bits per heavy atom. The topological polar surface area (TPSA) is 29.4 Å². The van der Waals surface area contributed by atoms with Crippen molar-refractivity contribution in [2.24, 2.45) is 4.99 Å². The Morgan fingerprint density at radius 3 is 2.69 bits per heavy atom. The molecule has 0 saturated heterocycles. The van der Waals surface area contributed by atoms with Crippen molar-refractivity contribution in [2.75, 3.05) is 0 Å². The average Bonchev–Trinajstić information content (AvgIpc) is 2.19. The molecule has 2 heteroatoms. The van der Waals surface area contributed by atoms with Gasteiger partial charge >= 0.3 is 0 Å². The Labute approximate surface area is 77.6 Å². The molecule has 0 atom stereocenters. The highest BCUT2D eigenvalue weighted by atomic mass is 16.1. The summed E-state index contributed by atoms with van der Waals surface area (Å²) >= 11 is 0. The molecular formula is C11H11NO. The molecule has 0 aromatic heterocycles. The van der Waals surface area contributed by atoms with Gasteiger partial charge in [-0.1, -0.05) is 37.3 Å². The smallest absolute Gasteiger partial charge is 0.211 e. The molecule has 0 aliphatic carbocycles. The number of allylic oxidation sites excluding steroid dienone is 1. The summed E-state index contributed by atoms with van der Waals surface area (Å²) in [5.41, 5.74) is 1.81. The zero-order chi connectivity index (χ0) is 9.52. The van der Waals surface area contributed by atoms with Gasteiger partial charge in [0.05, 0.1) is 5.70 Å². The minimum absolute atomic E-state index is 0.740. The van der Waals surface area contributed by atoms with E-state index in [0.717, 1.165) is 17.7 Å². The van der Waals surface area contributed by atoms with E-state index in [1.165, 1.54) is 0 Å². The van der Waals surface area contributed by atoms with Crippen molar-refractivity contribution in [1.29, 1.82) is 0 Å². The number of rotatable bonds is 3. The van der Waals surface area contributed by atoms with Gasteiger partial charge in [-0.05, 0) is 18.1 Å². The van der Waals surface area contributed by atoms with Gasteiger partial charge in [-0.15, -0.1) is 0 Å². The first-order chi connectivity index (χ1) is 6.36. The van der Waals surface area contributed by atoms with E-state index in [-0.39, 0.29) is 0 Å². The molecule has 0 N–H and O–H groups in total.